The number of halogens is 3. The number of guanidine groups is 1. The van der Waals surface area contributed by atoms with E-state index in [0.717, 1.165) is 28.4 Å². The molecule has 0 aliphatic rings. The third-order valence-corrected chi connectivity index (χ3v) is 7.18. The lowest BCUT2D eigenvalue weighted by Crippen LogP contribution is -2.42. The zero-order valence-corrected chi connectivity index (χ0v) is 22.1. The minimum atomic E-state index is -4.69. The number of alkyl halides is 3. The summed E-state index contributed by atoms with van der Waals surface area (Å²) in [6.45, 7) is 2.00. The van der Waals surface area contributed by atoms with Crippen LogP contribution in [-0.4, -0.2) is 49.1 Å². The highest BCUT2D eigenvalue weighted by Crippen LogP contribution is 2.33. The second kappa shape index (κ2) is 12.6. The number of sulfonamides is 1. The third-order valence-electron chi connectivity index (χ3n) is 5.79. The van der Waals surface area contributed by atoms with Gasteiger partial charge in [-0.3, -0.25) is 15.0 Å². The van der Waals surface area contributed by atoms with Crippen molar-refractivity contribution in [3.63, 3.8) is 0 Å². The van der Waals surface area contributed by atoms with Gasteiger partial charge in [0.05, 0.1) is 16.3 Å². The van der Waals surface area contributed by atoms with Gasteiger partial charge in [0.25, 0.3) is 10.0 Å². The first-order valence-corrected chi connectivity index (χ1v) is 13.5. The van der Waals surface area contributed by atoms with Crippen molar-refractivity contribution in [3.05, 3.63) is 65.9 Å². The van der Waals surface area contributed by atoms with Gasteiger partial charge in [-0.25, -0.2) is 17.8 Å². The van der Waals surface area contributed by atoms with Gasteiger partial charge in [0.15, 0.2) is 11.7 Å². The second-order valence-electron chi connectivity index (χ2n) is 8.88. The number of amides is 2. The van der Waals surface area contributed by atoms with Crippen LogP contribution in [0.3, 0.4) is 0 Å². The van der Waals surface area contributed by atoms with Crippen LogP contribution in [0, 0.1) is 12.3 Å². The van der Waals surface area contributed by atoms with E-state index in [0.29, 0.717) is 18.4 Å². The lowest BCUT2D eigenvalue weighted by Gasteiger charge is -2.16. The van der Waals surface area contributed by atoms with Crippen molar-refractivity contribution in [1.29, 1.82) is 5.41 Å². The molecule has 1 heterocycles. The fourth-order valence-electron chi connectivity index (χ4n) is 3.76. The van der Waals surface area contributed by atoms with Crippen molar-refractivity contribution < 1.29 is 31.2 Å². The minimum absolute atomic E-state index is 0.159. The summed E-state index contributed by atoms with van der Waals surface area (Å²) in [6, 6.07) is 12.2. The van der Waals surface area contributed by atoms with E-state index in [1.807, 2.05) is 11.6 Å². The van der Waals surface area contributed by atoms with Crippen LogP contribution >= 0.6 is 0 Å². The van der Waals surface area contributed by atoms with E-state index < -0.39 is 33.8 Å². The maximum atomic E-state index is 13.4. The first kappa shape index (κ1) is 30.1. The summed E-state index contributed by atoms with van der Waals surface area (Å²) in [5.74, 6) is -1.07. The van der Waals surface area contributed by atoms with E-state index in [1.165, 1.54) is 12.1 Å². The molecule has 0 saturated heterocycles. The van der Waals surface area contributed by atoms with Gasteiger partial charge >= 0.3 is 6.18 Å². The highest BCUT2D eigenvalue weighted by Gasteiger charge is 2.35. The van der Waals surface area contributed by atoms with Gasteiger partial charge in [-0.15, -0.1) is 0 Å². The Hall–Kier alpha value is -4.40. The van der Waals surface area contributed by atoms with Crippen LogP contribution in [0.1, 0.15) is 30.5 Å². The van der Waals surface area contributed by atoms with Crippen LogP contribution in [0.15, 0.2) is 59.5 Å². The molecule has 1 unspecified atom stereocenters. The number of hydrogen-bond acceptors (Lipinski definition) is 6. The fraction of sp³-hybridized carbons (Fsp3) is 0.280. The smallest absolute Gasteiger partial charge is 0.370 e. The summed E-state index contributed by atoms with van der Waals surface area (Å²) < 4.78 is 68.7. The van der Waals surface area contributed by atoms with E-state index in [-0.39, 0.29) is 41.6 Å². The number of benzene rings is 2. The average molecular weight is 580 g/mol. The van der Waals surface area contributed by atoms with E-state index in [1.54, 1.807) is 24.3 Å². The zero-order valence-electron chi connectivity index (χ0n) is 21.3. The molecule has 1 aromatic heterocycles. The Labute approximate surface area is 228 Å². The highest BCUT2D eigenvalue weighted by atomic mass is 32.2. The van der Waals surface area contributed by atoms with Gasteiger partial charge in [-0.05, 0) is 50.1 Å². The SMILES string of the molecule is Cc1ccc(-c2cc(C(F)(F)F)nn2-c2ccc(S(=O)(=O)NC(=O)CCCC(CNC(=N)N)NC=O)cc2)cc1. The molecule has 0 saturated carbocycles. The van der Waals surface area contributed by atoms with Crippen molar-refractivity contribution >= 4 is 28.3 Å². The van der Waals surface area contributed by atoms with Crippen LogP contribution in [0.25, 0.3) is 16.9 Å². The number of hydrogen-bond donors (Lipinski definition) is 5. The van der Waals surface area contributed by atoms with Gasteiger partial charge < -0.3 is 16.4 Å². The number of nitrogens with one attached hydrogen (secondary N) is 4. The standard InChI is InChI=1S/C25H28F3N7O4S/c1-16-5-7-17(8-6-16)21-13-22(25(26,27)28)33-35(21)19-9-11-20(12-10-19)40(38,39)34-23(37)4-2-3-18(32-15-36)14-31-24(29)30/h5-13,15,18H,2-4,14H2,1H3,(H,32,36)(H,34,37)(H4,29,30,31). The number of nitrogens with zero attached hydrogens (tertiary/aromatic N) is 2. The molecule has 2 amide bonds. The van der Waals surface area contributed by atoms with E-state index in [2.05, 4.69) is 15.7 Å². The van der Waals surface area contributed by atoms with Crippen LogP contribution < -0.4 is 21.1 Å². The van der Waals surface area contributed by atoms with Crippen LogP contribution in [0.5, 0.6) is 0 Å². The summed E-state index contributed by atoms with van der Waals surface area (Å²) >= 11 is 0. The summed E-state index contributed by atoms with van der Waals surface area (Å²) in [6.07, 6.45) is -3.84. The van der Waals surface area contributed by atoms with Crippen molar-refractivity contribution in [2.24, 2.45) is 5.73 Å². The topological polar surface area (TPSA) is 172 Å². The number of aromatic nitrogens is 2. The largest absolute Gasteiger partial charge is 0.435 e. The Morgan fingerprint density at radius 3 is 2.38 bits per heavy atom. The first-order valence-electron chi connectivity index (χ1n) is 12.0. The van der Waals surface area contributed by atoms with Crippen LogP contribution in [0.4, 0.5) is 13.2 Å². The molecular weight excluding hydrogens is 551 g/mol. The molecule has 40 heavy (non-hydrogen) atoms. The number of rotatable bonds is 12. The second-order valence-corrected chi connectivity index (χ2v) is 10.6. The van der Waals surface area contributed by atoms with Crippen molar-refractivity contribution in [2.75, 3.05) is 6.54 Å². The lowest BCUT2D eigenvalue weighted by molar-refractivity contribution is -0.141. The predicted octanol–water partition coefficient (Wildman–Crippen LogP) is 2.44. The molecule has 3 aromatic rings. The molecule has 214 valence electrons. The minimum Gasteiger partial charge on any atom is -0.370 e. The molecule has 6 N–H and O–H groups in total. The number of carbonyl (C=O) groups is 2. The monoisotopic (exact) mass is 579 g/mol. The Bertz CT molecular complexity index is 1460. The van der Waals surface area contributed by atoms with E-state index >= 15 is 0 Å². The van der Waals surface area contributed by atoms with E-state index in [4.69, 9.17) is 11.1 Å². The van der Waals surface area contributed by atoms with Gasteiger partial charge in [-0.1, -0.05) is 29.8 Å². The van der Waals surface area contributed by atoms with Crippen molar-refractivity contribution in [3.8, 4) is 16.9 Å². The molecule has 0 fully saturated rings. The maximum Gasteiger partial charge on any atom is 0.435 e. The molecule has 1 atom stereocenters. The number of aryl methyl sites for hydroxylation is 1. The number of nitrogens with two attached hydrogens (primary N) is 1. The van der Waals surface area contributed by atoms with Gasteiger partial charge in [0.1, 0.15) is 0 Å². The number of carbonyl (C=O) groups excluding carboxylic acids is 2. The van der Waals surface area contributed by atoms with Gasteiger partial charge in [-0.2, -0.15) is 18.3 Å². The summed E-state index contributed by atoms with van der Waals surface area (Å²) in [4.78, 5) is 22.7. The first-order chi connectivity index (χ1) is 18.8. The average Bonchev–Trinajstić information content (AvgIpc) is 3.34. The molecule has 0 bridgehead atoms. The lowest BCUT2D eigenvalue weighted by atomic mass is 10.1. The van der Waals surface area contributed by atoms with Crippen molar-refractivity contribution in [2.45, 2.75) is 43.3 Å². The van der Waals surface area contributed by atoms with Crippen LogP contribution in [-0.2, 0) is 25.8 Å². The highest BCUT2D eigenvalue weighted by molar-refractivity contribution is 7.90. The maximum absolute atomic E-state index is 13.4. The molecule has 0 spiro atoms. The Morgan fingerprint density at radius 2 is 1.80 bits per heavy atom. The quantitative estimate of drug-likeness (QED) is 0.125. The van der Waals surface area contributed by atoms with E-state index in [9.17, 15) is 31.2 Å². The Kier molecular flexibility index (Phi) is 9.52. The fourth-order valence-corrected chi connectivity index (χ4v) is 4.77. The zero-order chi connectivity index (χ0) is 29.5. The molecule has 0 aliphatic heterocycles. The molecule has 3 rings (SSSR count). The Balaban J connectivity index is 1.72. The molecule has 0 aliphatic carbocycles. The summed E-state index contributed by atoms with van der Waals surface area (Å²) in [5.41, 5.74) is 5.87. The van der Waals surface area contributed by atoms with Crippen LogP contribution in [0.2, 0.25) is 0 Å². The molecular formula is C25H28F3N7O4S. The van der Waals surface area contributed by atoms with Gasteiger partial charge in [0.2, 0.25) is 12.3 Å². The third kappa shape index (κ3) is 8.05. The Morgan fingerprint density at radius 1 is 1.15 bits per heavy atom. The molecule has 2 aromatic carbocycles. The molecule has 15 heteroatoms. The van der Waals surface area contributed by atoms with Gasteiger partial charge in [0, 0.05) is 24.6 Å². The van der Waals surface area contributed by atoms with Crippen molar-refractivity contribution in [1.82, 2.24) is 25.1 Å². The molecule has 11 nitrogen and oxygen atoms in total. The molecule has 0 radical (unpaired) electrons. The normalized spacial score (nSPS) is 12.4. The predicted molar refractivity (Wildman–Crippen MR) is 141 cm³/mol. The summed E-state index contributed by atoms with van der Waals surface area (Å²) in [5, 5.41) is 15.9. The summed E-state index contributed by atoms with van der Waals surface area (Å²) in [7, 11) is -4.26.